The predicted molar refractivity (Wildman–Crippen MR) is 54.2 cm³/mol. The first-order chi connectivity index (χ1) is 5.62. The van der Waals surface area contributed by atoms with Crippen molar-refractivity contribution in [2.24, 2.45) is 21.7 Å². The first-order valence-electron chi connectivity index (χ1n) is 3.53. The Bertz CT molecular complexity index is 134. The maximum absolute atomic E-state index is 5.53. The molecule has 0 saturated carbocycles. The van der Waals surface area contributed by atoms with E-state index in [-0.39, 0.29) is 0 Å². The Balaban J connectivity index is 0. The van der Waals surface area contributed by atoms with Crippen LogP contribution in [0.25, 0.3) is 0 Å². The van der Waals surface area contributed by atoms with Crippen LogP contribution in [0.4, 0.5) is 0 Å². The van der Waals surface area contributed by atoms with E-state index < -0.39 is 11.3 Å². The van der Waals surface area contributed by atoms with Crippen molar-refractivity contribution in [2.75, 3.05) is 0 Å². The van der Waals surface area contributed by atoms with Crippen LogP contribution in [-0.4, -0.2) is 11.3 Å². The summed E-state index contributed by atoms with van der Waals surface area (Å²) in [5, 5.41) is 7.61. The van der Waals surface area contributed by atoms with E-state index in [1.807, 2.05) is 0 Å². The molecule has 0 aliphatic heterocycles. The highest BCUT2D eigenvalue weighted by Gasteiger charge is 2.12. The molecule has 80 valence electrons. The van der Waals surface area contributed by atoms with Gasteiger partial charge in [0.1, 0.15) is 11.3 Å². The molecular formula is C6H16Cl2N4O. The number of nitrogens with zero attached hydrogens (tertiary/aromatic N) is 2. The van der Waals surface area contributed by atoms with Gasteiger partial charge in [0.15, 0.2) is 0 Å². The van der Waals surface area contributed by atoms with Gasteiger partial charge in [-0.3, -0.25) is 0 Å². The molecule has 0 amide bonds. The second-order valence-corrected chi connectivity index (χ2v) is 4.03. The van der Waals surface area contributed by atoms with Crippen LogP contribution in [-0.2, 0) is 3.84 Å². The van der Waals surface area contributed by atoms with Crippen molar-refractivity contribution >= 4 is 23.7 Å². The molecule has 0 spiro atoms. The lowest BCUT2D eigenvalue weighted by Crippen LogP contribution is -2.33. The fourth-order valence-corrected chi connectivity index (χ4v) is 0.258. The van der Waals surface area contributed by atoms with Gasteiger partial charge >= 0.3 is 0 Å². The molecule has 0 saturated heterocycles. The summed E-state index contributed by atoms with van der Waals surface area (Å²) in [4.78, 5) is 0. The van der Waals surface area contributed by atoms with Gasteiger partial charge in [-0.1, -0.05) is 0 Å². The molecule has 0 aromatic rings. The molecule has 5 nitrogen and oxygen atoms in total. The molecule has 7 heteroatoms. The maximum Gasteiger partial charge on any atom is 0.123 e. The summed E-state index contributed by atoms with van der Waals surface area (Å²) in [5.74, 6) is 0. The van der Waals surface area contributed by atoms with Crippen LogP contribution >= 0.6 is 23.7 Å². The van der Waals surface area contributed by atoms with Crippen LogP contribution in [0.3, 0.4) is 0 Å². The van der Waals surface area contributed by atoms with Crippen molar-refractivity contribution in [1.82, 2.24) is 0 Å². The summed E-state index contributed by atoms with van der Waals surface area (Å²) in [6, 6.07) is 0. The van der Waals surface area contributed by atoms with Crippen molar-refractivity contribution in [3.63, 3.8) is 0 Å². The van der Waals surface area contributed by atoms with Gasteiger partial charge < -0.3 is 11.5 Å². The van der Waals surface area contributed by atoms with E-state index in [2.05, 4.69) is 37.8 Å². The van der Waals surface area contributed by atoms with Gasteiger partial charge in [0.05, 0.1) is 23.7 Å². The fraction of sp³-hybridized carbons (Fsp3) is 1.00. The Morgan fingerprint density at radius 1 is 0.923 bits per heavy atom. The van der Waals surface area contributed by atoms with E-state index in [1.54, 1.807) is 27.7 Å². The first-order valence-corrected chi connectivity index (χ1v) is 4.15. The van der Waals surface area contributed by atoms with E-state index in [0.29, 0.717) is 0 Å². The second kappa shape index (κ2) is 6.50. The largest absolute Gasteiger partial charge is 0.306 e. The zero-order valence-corrected chi connectivity index (χ0v) is 9.73. The molecule has 4 N–H and O–H groups in total. The minimum absolute atomic E-state index is 0.614. The summed E-state index contributed by atoms with van der Waals surface area (Å²) in [7, 11) is 0. The van der Waals surface area contributed by atoms with Crippen LogP contribution in [0.2, 0.25) is 0 Å². The first kappa shape index (κ1) is 15.5. The molecule has 0 bridgehead atoms. The van der Waals surface area contributed by atoms with Crippen molar-refractivity contribution in [1.29, 1.82) is 0 Å². The molecule has 0 aromatic heterocycles. The lowest BCUT2D eigenvalue weighted by molar-refractivity contribution is 0.438. The average molecular weight is 231 g/mol. The van der Waals surface area contributed by atoms with Crippen LogP contribution in [0.15, 0.2) is 10.2 Å². The minimum Gasteiger partial charge on any atom is -0.306 e. The molecule has 0 aliphatic carbocycles. The predicted octanol–water partition coefficient (Wildman–Crippen LogP) is 2.14. The fourth-order valence-electron chi connectivity index (χ4n) is 0.258. The van der Waals surface area contributed by atoms with Crippen LogP contribution in [0.1, 0.15) is 27.7 Å². The van der Waals surface area contributed by atoms with Gasteiger partial charge in [-0.15, -0.1) is 0 Å². The number of nitrogens with two attached hydrogens (primary N) is 2. The quantitative estimate of drug-likeness (QED) is 0.713. The monoisotopic (exact) mass is 230 g/mol. The van der Waals surface area contributed by atoms with Gasteiger partial charge in [-0.25, -0.2) is 0 Å². The Hall–Kier alpha value is 0.0600. The molecule has 0 radical (unpaired) electrons. The molecule has 0 rings (SSSR count). The Kier molecular flexibility index (Phi) is 7.77. The molecule has 0 atom stereocenters. The lowest BCUT2D eigenvalue weighted by Gasteiger charge is -2.15. The van der Waals surface area contributed by atoms with Crippen LogP contribution in [0.5, 0.6) is 0 Å². The average Bonchev–Trinajstić information content (AvgIpc) is 1.82. The molecule has 0 aromatic carbocycles. The van der Waals surface area contributed by atoms with Crippen molar-refractivity contribution < 1.29 is 3.84 Å². The molecule has 0 unspecified atom stereocenters. The third-order valence-corrected chi connectivity index (χ3v) is 0.565. The molecule has 13 heavy (non-hydrogen) atoms. The highest BCUT2D eigenvalue weighted by molar-refractivity contribution is 6.24. The molecule has 0 fully saturated rings. The number of halogens is 2. The summed E-state index contributed by atoms with van der Waals surface area (Å²) >= 11 is 8.53. The number of hydrogen-bond donors (Lipinski definition) is 2. The van der Waals surface area contributed by atoms with Crippen molar-refractivity contribution in [2.45, 2.75) is 39.0 Å². The minimum atomic E-state index is -0.614. The van der Waals surface area contributed by atoms with Gasteiger partial charge in [0.2, 0.25) is 0 Å². The number of rotatable bonds is 2. The van der Waals surface area contributed by atoms with Gasteiger partial charge in [0, 0.05) is 0 Å². The van der Waals surface area contributed by atoms with Gasteiger partial charge in [-0.2, -0.15) is 14.1 Å². The topological polar surface area (TPSA) is 86.0 Å². The van der Waals surface area contributed by atoms with E-state index in [9.17, 15) is 0 Å². The lowest BCUT2D eigenvalue weighted by atomic mass is 10.3. The van der Waals surface area contributed by atoms with Crippen LogP contribution in [0, 0.1) is 0 Å². The Morgan fingerprint density at radius 2 is 1.08 bits per heavy atom. The highest BCUT2D eigenvalue weighted by atomic mass is 35.6. The highest BCUT2D eigenvalue weighted by Crippen LogP contribution is 2.05. The third kappa shape index (κ3) is 24.5. The zero-order valence-electron chi connectivity index (χ0n) is 8.21. The second-order valence-electron chi connectivity index (χ2n) is 3.57. The van der Waals surface area contributed by atoms with Gasteiger partial charge in [-0.05, 0) is 27.7 Å². The summed E-state index contributed by atoms with van der Waals surface area (Å²) in [5.41, 5.74) is 9.82. The Morgan fingerprint density at radius 3 is 1.15 bits per heavy atom. The standard InChI is InChI=1S/C6H16N4.Cl2O/c1-5(2,7)9-10-6(3,4)8;1-3-2/h7-8H2,1-4H3;. The zero-order chi connectivity index (χ0) is 11.1. The molecule has 0 heterocycles. The Labute approximate surface area is 88.8 Å². The number of hydrogen-bond acceptors (Lipinski definition) is 5. The van der Waals surface area contributed by atoms with E-state index >= 15 is 0 Å². The molecular weight excluding hydrogens is 215 g/mol. The summed E-state index contributed by atoms with van der Waals surface area (Å²) < 4.78 is 3.19. The maximum atomic E-state index is 5.53. The number of azo groups is 1. The van der Waals surface area contributed by atoms with E-state index in [4.69, 9.17) is 11.5 Å². The molecule has 0 aliphatic rings. The summed E-state index contributed by atoms with van der Waals surface area (Å²) in [6.45, 7) is 7.06. The van der Waals surface area contributed by atoms with Crippen molar-refractivity contribution in [3.8, 4) is 0 Å². The SMILES string of the molecule is CC(C)(N)N=NC(C)(C)N.ClOCl. The smallest absolute Gasteiger partial charge is 0.123 e. The van der Waals surface area contributed by atoms with Gasteiger partial charge in [0.25, 0.3) is 0 Å². The third-order valence-electron chi connectivity index (χ3n) is 0.565. The van der Waals surface area contributed by atoms with Crippen molar-refractivity contribution in [3.05, 3.63) is 0 Å². The van der Waals surface area contributed by atoms with Crippen LogP contribution < -0.4 is 11.5 Å². The van der Waals surface area contributed by atoms with E-state index in [1.165, 1.54) is 0 Å². The summed E-state index contributed by atoms with van der Waals surface area (Å²) in [6.07, 6.45) is 0. The normalized spacial score (nSPS) is 12.6. The van der Waals surface area contributed by atoms with E-state index in [0.717, 1.165) is 0 Å².